The fraction of sp³-hybridized carbons (Fsp3) is 0.917. The molecular weight excluding hydrogens is 216 g/mol. The molecule has 0 bridgehead atoms. The number of carbonyl (C=O) groups excluding carboxylic acids is 1. The number of carbonyl (C=O) groups is 1. The molecule has 100 valence electrons. The van der Waals surface area contributed by atoms with Gasteiger partial charge in [-0.3, -0.25) is 4.79 Å². The van der Waals surface area contributed by atoms with Gasteiger partial charge in [-0.2, -0.15) is 0 Å². The molecule has 0 spiro atoms. The van der Waals surface area contributed by atoms with Crippen molar-refractivity contribution in [1.29, 1.82) is 0 Å². The van der Waals surface area contributed by atoms with Crippen LogP contribution in [-0.2, 0) is 4.79 Å². The second kappa shape index (κ2) is 6.93. The van der Waals surface area contributed by atoms with Crippen LogP contribution in [-0.4, -0.2) is 75.1 Å². The van der Waals surface area contributed by atoms with Gasteiger partial charge in [0.25, 0.3) is 0 Å². The number of piperazine rings is 1. The van der Waals surface area contributed by atoms with E-state index in [0.29, 0.717) is 6.04 Å². The summed E-state index contributed by atoms with van der Waals surface area (Å²) < 4.78 is 0. The molecule has 5 nitrogen and oxygen atoms in total. The Kier molecular flexibility index (Phi) is 5.88. The summed E-state index contributed by atoms with van der Waals surface area (Å²) in [6.07, 6.45) is 1.02. The Balaban J connectivity index is 2.26. The number of hydrogen-bond donors (Lipinski definition) is 2. The highest BCUT2D eigenvalue weighted by atomic mass is 16.2. The molecule has 0 aromatic carbocycles. The largest absolute Gasteiger partial charge is 0.344 e. The van der Waals surface area contributed by atoms with Crippen molar-refractivity contribution in [2.75, 3.05) is 47.3 Å². The molecule has 0 aromatic rings. The lowest BCUT2D eigenvalue weighted by atomic mass is 10.1. The molecule has 0 aromatic heterocycles. The Labute approximate surface area is 105 Å². The van der Waals surface area contributed by atoms with E-state index in [9.17, 15) is 4.79 Å². The van der Waals surface area contributed by atoms with Crippen LogP contribution < -0.4 is 10.6 Å². The van der Waals surface area contributed by atoms with E-state index in [1.165, 1.54) is 0 Å². The number of nitrogens with zero attached hydrogens (tertiary/aromatic N) is 2. The zero-order chi connectivity index (χ0) is 12.8. The SMILES string of the molecule is CC1CNC(C(=O)N(C)CCCN(C)C)CN1. The maximum atomic E-state index is 12.1. The Morgan fingerprint density at radius 3 is 2.41 bits per heavy atom. The Hall–Kier alpha value is -0.650. The zero-order valence-corrected chi connectivity index (χ0v) is 11.5. The van der Waals surface area contributed by atoms with Crippen molar-refractivity contribution in [2.24, 2.45) is 0 Å². The fourth-order valence-electron chi connectivity index (χ4n) is 1.96. The average molecular weight is 242 g/mol. The minimum atomic E-state index is -0.0597. The molecule has 1 amide bonds. The van der Waals surface area contributed by atoms with Crippen molar-refractivity contribution in [3.8, 4) is 0 Å². The van der Waals surface area contributed by atoms with Gasteiger partial charge in [0.15, 0.2) is 0 Å². The van der Waals surface area contributed by atoms with Crippen LogP contribution in [0, 0.1) is 0 Å². The van der Waals surface area contributed by atoms with E-state index in [1.54, 1.807) is 0 Å². The van der Waals surface area contributed by atoms with E-state index < -0.39 is 0 Å². The lowest BCUT2D eigenvalue weighted by molar-refractivity contribution is -0.132. The van der Waals surface area contributed by atoms with Crippen LogP contribution in [0.2, 0.25) is 0 Å². The molecular formula is C12H26N4O. The van der Waals surface area contributed by atoms with E-state index in [2.05, 4.69) is 36.6 Å². The summed E-state index contributed by atoms with van der Waals surface area (Å²) in [5.41, 5.74) is 0. The van der Waals surface area contributed by atoms with Gasteiger partial charge in [-0.05, 0) is 34.0 Å². The van der Waals surface area contributed by atoms with E-state index in [-0.39, 0.29) is 11.9 Å². The maximum Gasteiger partial charge on any atom is 0.240 e. The lowest BCUT2D eigenvalue weighted by Crippen LogP contribution is -2.59. The van der Waals surface area contributed by atoms with Crippen LogP contribution >= 0.6 is 0 Å². The summed E-state index contributed by atoms with van der Waals surface area (Å²) in [4.78, 5) is 16.1. The van der Waals surface area contributed by atoms with E-state index >= 15 is 0 Å². The third-order valence-electron chi connectivity index (χ3n) is 3.11. The van der Waals surface area contributed by atoms with E-state index in [1.807, 2.05) is 11.9 Å². The predicted octanol–water partition coefficient (Wildman–Crippen LogP) is -0.654. The first kappa shape index (κ1) is 14.4. The highest BCUT2D eigenvalue weighted by molar-refractivity contribution is 5.82. The standard InChI is InChI=1S/C12H26N4O/c1-10-8-14-11(9-13-10)12(17)16(4)7-5-6-15(2)3/h10-11,13-14H,5-9H2,1-4H3. The van der Waals surface area contributed by atoms with Crippen molar-refractivity contribution >= 4 is 5.91 Å². The first-order valence-electron chi connectivity index (χ1n) is 6.37. The van der Waals surface area contributed by atoms with Gasteiger partial charge in [0.2, 0.25) is 5.91 Å². The van der Waals surface area contributed by atoms with Crippen LogP contribution in [0.5, 0.6) is 0 Å². The molecule has 17 heavy (non-hydrogen) atoms. The molecule has 2 unspecified atom stereocenters. The van der Waals surface area contributed by atoms with Crippen LogP contribution in [0.15, 0.2) is 0 Å². The van der Waals surface area contributed by atoms with Crippen LogP contribution in [0.1, 0.15) is 13.3 Å². The van der Waals surface area contributed by atoms with Crippen molar-refractivity contribution in [3.05, 3.63) is 0 Å². The second-order valence-electron chi connectivity index (χ2n) is 5.19. The summed E-state index contributed by atoms with van der Waals surface area (Å²) in [6.45, 7) is 5.56. The molecule has 1 fully saturated rings. The Morgan fingerprint density at radius 2 is 1.88 bits per heavy atom. The minimum absolute atomic E-state index is 0.0597. The minimum Gasteiger partial charge on any atom is -0.344 e. The highest BCUT2D eigenvalue weighted by Crippen LogP contribution is 1.99. The molecule has 5 heteroatoms. The van der Waals surface area contributed by atoms with Gasteiger partial charge < -0.3 is 20.4 Å². The van der Waals surface area contributed by atoms with Gasteiger partial charge in [-0.1, -0.05) is 0 Å². The molecule has 0 aliphatic carbocycles. The lowest BCUT2D eigenvalue weighted by Gasteiger charge is -2.31. The quantitative estimate of drug-likeness (QED) is 0.672. The number of hydrogen-bond acceptors (Lipinski definition) is 4. The van der Waals surface area contributed by atoms with E-state index in [0.717, 1.165) is 32.6 Å². The molecule has 1 aliphatic rings. The summed E-state index contributed by atoms with van der Waals surface area (Å²) in [5, 5.41) is 6.61. The van der Waals surface area contributed by atoms with E-state index in [4.69, 9.17) is 0 Å². The van der Waals surface area contributed by atoms with Crippen molar-refractivity contribution in [2.45, 2.75) is 25.4 Å². The molecule has 1 saturated heterocycles. The smallest absolute Gasteiger partial charge is 0.240 e. The number of amides is 1. The van der Waals surface area contributed by atoms with Crippen molar-refractivity contribution in [3.63, 3.8) is 0 Å². The third kappa shape index (κ3) is 5.02. The molecule has 1 heterocycles. The second-order valence-corrected chi connectivity index (χ2v) is 5.19. The monoisotopic (exact) mass is 242 g/mol. The molecule has 1 rings (SSSR count). The first-order valence-corrected chi connectivity index (χ1v) is 6.37. The molecule has 0 saturated carbocycles. The fourth-order valence-corrected chi connectivity index (χ4v) is 1.96. The molecule has 0 radical (unpaired) electrons. The van der Waals surface area contributed by atoms with Gasteiger partial charge in [-0.15, -0.1) is 0 Å². The highest BCUT2D eigenvalue weighted by Gasteiger charge is 2.25. The van der Waals surface area contributed by atoms with Gasteiger partial charge in [0.1, 0.15) is 0 Å². The van der Waals surface area contributed by atoms with Crippen LogP contribution in [0.3, 0.4) is 0 Å². The summed E-state index contributed by atoms with van der Waals surface area (Å²) in [5.74, 6) is 0.197. The Morgan fingerprint density at radius 1 is 1.18 bits per heavy atom. The molecule has 1 aliphatic heterocycles. The number of nitrogens with one attached hydrogen (secondary N) is 2. The maximum absolute atomic E-state index is 12.1. The zero-order valence-electron chi connectivity index (χ0n) is 11.5. The summed E-state index contributed by atoms with van der Waals surface area (Å²) in [7, 11) is 5.99. The van der Waals surface area contributed by atoms with Gasteiger partial charge in [0.05, 0.1) is 6.04 Å². The molecule has 2 N–H and O–H groups in total. The average Bonchev–Trinajstić information content (AvgIpc) is 2.28. The van der Waals surface area contributed by atoms with Crippen molar-refractivity contribution < 1.29 is 4.79 Å². The normalized spacial score (nSPS) is 25.0. The third-order valence-corrected chi connectivity index (χ3v) is 3.11. The van der Waals surface area contributed by atoms with Crippen molar-refractivity contribution in [1.82, 2.24) is 20.4 Å². The Bertz CT molecular complexity index is 237. The summed E-state index contributed by atoms with van der Waals surface area (Å²) >= 11 is 0. The van der Waals surface area contributed by atoms with Crippen LogP contribution in [0.4, 0.5) is 0 Å². The topological polar surface area (TPSA) is 47.6 Å². The van der Waals surface area contributed by atoms with Gasteiger partial charge >= 0.3 is 0 Å². The number of likely N-dealkylation sites (N-methyl/N-ethyl adjacent to an activating group) is 1. The predicted molar refractivity (Wildman–Crippen MR) is 70.1 cm³/mol. The summed E-state index contributed by atoms with van der Waals surface area (Å²) in [6, 6.07) is 0.397. The molecule has 2 atom stereocenters. The first-order chi connectivity index (χ1) is 8.00. The van der Waals surface area contributed by atoms with Gasteiger partial charge in [0, 0.05) is 32.7 Å². The van der Waals surface area contributed by atoms with Gasteiger partial charge in [-0.25, -0.2) is 0 Å². The van der Waals surface area contributed by atoms with Crippen LogP contribution in [0.25, 0.3) is 0 Å². The number of rotatable bonds is 5.